The Labute approximate surface area is 82.9 Å². The van der Waals surface area contributed by atoms with Gasteiger partial charge in [-0.2, -0.15) is 0 Å². The van der Waals surface area contributed by atoms with Gasteiger partial charge in [-0.15, -0.1) is 0 Å². The zero-order valence-corrected chi connectivity index (χ0v) is 8.55. The van der Waals surface area contributed by atoms with Gasteiger partial charge in [-0.05, 0) is 34.5 Å². The summed E-state index contributed by atoms with van der Waals surface area (Å²) in [6.07, 6.45) is 3.28. The number of pyridine rings is 2. The fourth-order valence-corrected chi connectivity index (χ4v) is 1.53. The topological polar surface area (TPSA) is 45.8 Å². The summed E-state index contributed by atoms with van der Waals surface area (Å²) in [6.45, 7) is 1.94. The molecule has 2 aromatic heterocycles. The van der Waals surface area contributed by atoms with E-state index in [4.69, 9.17) is 0 Å². The van der Waals surface area contributed by atoms with Gasteiger partial charge in [0.2, 0.25) is 5.43 Å². The highest BCUT2D eigenvalue weighted by molar-refractivity contribution is 9.10. The van der Waals surface area contributed by atoms with Gasteiger partial charge in [-0.3, -0.25) is 9.78 Å². The van der Waals surface area contributed by atoms with Crippen LogP contribution in [-0.2, 0) is 0 Å². The standard InChI is InChI=1S/C9H7BrN2O/c1-5-2-3-11-8-7(5)12-4-6(10)9(8)13/h2-4H,1H3,(H,12,13). The lowest BCUT2D eigenvalue weighted by atomic mass is 10.2. The largest absolute Gasteiger partial charge is 0.358 e. The number of halogens is 1. The number of aryl methyl sites for hydroxylation is 1. The average Bonchev–Trinajstić information content (AvgIpc) is 2.12. The Hall–Kier alpha value is -1.16. The number of hydrogen-bond acceptors (Lipinski definition) is 2. The van der Waals surface area contributed by atoms with Crippen molar-refractivity contribution in [3.8, 4) is 0 Å². The van der Waals surface area contributed by atoms with Crippen LogP contribution >= 0.6 is 15.9 Å². The number of aromatic nitrogens is 2. The molecule has 0 aliphatic carbocycles. The molecule has 0 unspecified atom stereocenters. The molecule has 0 saturated heterocycles. The van der Waals surface area contributed by atoms with Gasteiger partial charge >= 0.3 is 0 Å². The van der Waals surface area contributed by atoms with Crippen LogP contribution in [-0.4, -0.2) is 9.97 Å². The highest BCUT2D eigenvalue weighted by Gasteiger charge is 2.04. The van der Waals surface area contributed by atoms with E-state index in [9.17, 15) is 4.79 Å². The molecule has 4 heteroatoms. The van der Waals surface area contributed by atoms with Crippen LogP contribution in [0.15, 0.2) is 27.7 Å². The van der Waals surface area contributed by atoms with Gasteiger partial charge in [-0.1, -0.05) is 0 Å². The molecule has 1 N–H and O–H groups in total. The Bertz CT molecular complexity index is 518. The summed E-state index contributed by atoms with van der Waals surface area (Å²) in [5.41, 5.74) is 2.23. The third-order valence-corrected chi connectivity index (χ3v) is 2.52. The second-order valence-corrected chi connectivity index (χ2v) is 3.67. The van der Waals surface area contributed by atoms with Crippen LogP contribution in [0, 0.1) is 6.92 Å². The first kappa shape index (κ1) is 8.44. The minimum absolute atomic E-state index is 0.0718. The fraction of sp³-hybridized carbons (Fsp3) is 0.111. The quantitative estimate of drug-likeness (QED) is 0.764. The van der Waals surface area contributed by atoms with E-state index in [1.54, 1.807) is 12.4 Å². The van der Waals surface area contributed by atoms with Crippen molar-refractivity contribution in [2.45, 2.75) is 6.92 Å². The minimum Gasteiger partial charge on any atom is -0.358 e. The van der Waals surface area contributed by atoms with Gasteiger partial charge < -0.3 is 4.98 Å². The van der Waals surface area contributed by atoms with Crippen molar-refractivity contribution in [1.29, 1.82) is 0 Å². The van der Waals surface area contributed by atoms with Crippen LogP contribution < -0.4 is 5.43 Å². The Balaban J connectivity index is 3.03. The molecule has 0 fully saturated rings. The lowest BCUT2D eigenvalue weighted by Gasteiger charge is -1.99. The van der Waals surface area contributed by atoms with Crippen LogP contribution in [0.3, 0.4) is 0 Å². The number of nitrogens with one attached hydrogen (secondary N) is 1. The molecule has 2 heterocycles. The number of nitrogens with zero attached hydrogens (tertiary/aromatic N) is 1. The molecule has 3 nitrogen and oxygen atoms in total. The third kappa shape index (κ3) is 1.27. The molecule has 0 amide bonds. The van der Waals surface area contributed by atoms with E-state index in [0.717, 1.165) is 11.1 Å². The summed E-state index contributed by atoms with van der Waals surface area (Å²) >= 11 is 3.16. The van der Waals surface area contributed by atoms with E-state index in [1.807, 2.05) is 13.0 Å². The van der Waals surface area contributed by atoms with E-state index < -0.39 is 0 Å². The zero-order chi connectivity index (χ0) is 9.42. The summed E-state index contributed by atoms with van der Waals surface area (Å²) in [7, 11) is 0. The molecule has 13 heavy (non-hydrogen) atoms. The molecular weight excluding hydrogens is 232 g/mol. The van der Waals surface area contributed by atoms with Gasteiger partial charge in [0.25, 0.3) is 0 Å². The predicted molar refractivity (Wildman–Crippen MR) is 54.8 cm³/mol. The number of hydrogen-bond donors (Lipinski definition) is 1. The maximum absolute atomic E-state index is 11.6. The first-order valence-corrected chi connectivity index (χ1v) is 4.62. The van der Waals surface area contributed by atoms with Crippen LogP contribution in [0.25, 0.3) is 11.0 Å². The number of aromatic amines is 1. The van der Waals surface area contributed by atoms with Crippen LogP contribution in [0.1, 0.15) is 5.56 Å². The molecule has 0 radical (unpaired) electrons. The second-order valence-electron chi connectivity index (χ2n) is 2.82. The molecular formula is C9H7BrN2O. The molecule has 2 aromatic rings. The highest BCUT2D eigenvalue weighted by atomic mass is 79.9. The first-order valence-electron chi connectivity index (χ1n) is 3.82. The van der Waals surface area contributed by atoms with Gasteiger partial charge in [-0.25, -0.2) is 0 Å². The van der Waals surface area contributed by atoms with Crippen molar-refractivity contribution in [3.63, 3.8) is 0 Å². The second kappa shape index (κ2) is 2.96. The average molecular weight is 239 g/mol. The maximum atomic E-state index is 11.6. The zero-order valence-electron chi connectivity index (χ0n) is 6.97. The third-order valence-electron chi connectivity index (χ3n) is 1.93. The number of rotatable bonds is 0. The van der Waals surface area contributed by atoms with Gasteiger partial charge in [0.05, 0.1) is 9.99 Å². The molecule has 0 aliphatic heterocycles. The molecule has 0 bridgehead atoms. The summed E-state index contributed by atoms with van der Waals surface area (Å²) in [5.74, 6) is 0. The normalized spacial score (nSPS) is 10.6. The monoisotopic (exact) mass is 238 g/mol. The minimum atomic E-state index is -0.0718. The van der Waals surface area contributed by atoms with Crippen molar-refractivity contribution < 1.29 is 0 Å². The smallest absolute Gasteiger partial charge is 0.221 e. The summed E-state index contributed by atoms with van der Waals surface area (Å²) in [6, 6.07) is 1.87. The number of fused-ring (bicyclic) bond motifs is 1. The van der Waals surface area contributed by atoms with Crippen molar-refractivity contribution in [3.05, 3.63) is 38.7 Å². The summed E-state index contributed by atoms with van der Waals surface area (Å²) in [4.78, 5) is 18.6. The maximum Gasteiger partial charge on any atom is 0.221 e. The van der Waals surface area contributed by atoms with Crippen molar-refractivity contribution in [2.75, 3.05) is 0 Å². The molecule has 0 saturated carbocycles. The van der Waals surface area contributed by atoms with E-state index in [-0.39, 0.29) is 5.43 Å². The molecule has 0 atom stereocenters. The molecule has 0 aromatic carbocycles. The van der Waals surface area contributed by atoms with E-state index in [0.29, 0.717) is 9.99 Å². The fourth-order valence-electron chi connectivity index (χ4n) is 1.23. The molecule has 2 rings (SSSR count). The SMILES string of the molecule is Cc1ccnc2c(=O)c(Br)c[nH]c12. The predicted octanol–water partition coefficient (Wildman–Crippen LogP) is 1.99. The van der Waals surface area contributed by atoms with E-state index >= 15 is 0 Å². The molecule has 0 spiro atoms. The van der Waals surface area contributed by atoms with Crippen LogP contribution in [0.5, 0.6) is 0 Å². The van der Waals surface area contributed by atoms with Crippen LogP contribution in [0.4, 0.5) is 0 Å². The molecule has 0 aliphatic rings. The first-order chi connectivity index (χ1) is 6.20. The Kier molecular flexibility index (Phi) is 1.92. The lowest BCUT2D eigenvalue weighted by molar-refractivity contribution is 1.26. The summed E-state index contributed by atoms with van der Waals surface area (Å²) in [5, 5.41) is 0. The lowest BCUT2D eigenvalue weighted by Crippen LogP contribution is -2.05. The van der Waals surface area contributed by atoms with Crippen molar-refractivity contribution >= 4 is 27.0 Å². The Morgan fingerprint density at radius 2 is 2.31 bits per heavy atom. The van der Waals surface area contributed by atoms with E-state index in [2.05, 4.69) is 25.9 Å². The van der Waals surface area contributed by atoms with Gasteiger partial charge in [0.15, 0.2) is 0 Å². The number of H-pyrrole nitrogens is 1. The van der Waals surface area contributed by atoms with Crippen molar-refractivity contribution in [1.82, 2.24) is 9.97 Å². The van der Waals surface area contributed by atoms with Crippen LogP contribution in [0.2, 0.25) is 0 Å². The van der Waals surface area contributed by atoms with Gasteiger partial charge in [0, 0.05) is 12.4 Å². The van der Waals surface area contributed by atoms with E-state index in [1.165, 1.54) is 0 Å². The molecule has 66 valence electrons. The Morgan fingerprint density at radius 3 is 3.08 bits per heavy atom. The summed E-state index contributed by atoms with van der Waals surface area (Å²) < 4.78 is 0.512. The Morgan fingerprint density at radius 1 is 1.54 bits per heavy atom. The highest BCUT2D eigenvalue weighted by Crippen LogP contribution is 2.11. The van der Waals surface area contributed by atoms with Crippen molar-refractivity contribution in [2.24, 2.45) is 0 Å². The van der Waals surface area contributed by atoms with Gasteiger partial charge in [0.1, 0.15) is 5.52 Å².